The molecule has 2 heterocycles. The van der Waals surface area contributed by atoms with Gasteiger partial charge in [0.05, 0.1) is 18.0 Å². The van der Waals surface area contributed by atoms with Crippen LogP contribution < -0.4 is 5.32 Å². The Hall–Kier alpha value is -1.61. The Morgan fingerprint density at radius 1 is 1.41 bits per heavy atom. The minimum atomic E-state index is 0.214. The predicted molar refractivity (Wildman–Crippen MR) is 67.8 cm³/mol. The fraction of sp³-hybridized carbons (Fsp3) is 0.357. The number of furan rings is 1. The Bertz CT molecular complexity index is 451. The molecule has 3 nitrogen and oxygen atoms in total. The topological polar surface area (TPSA) is 38.1 Å². The number of aromatic nitrogens is 1. The molecule has 3 heteroatoms. The maximum atomic E-state index is 5.39. The Morgan fingerprint density at radius 3 is 2.94 bits per heavy atom. The van der Waals surface area contributed by atoms with Crippen molar-refractivity contribution in [2.24, 2.45) is 0 Å². The first-order valence-electron chi connectivity index (χ1n) is 5.98. The van der Waals surface area contributed by atoms with Crippen LogP contribution in [0.15, 0.2) is 41.1 Å². The normalized spacial score (nSPS) is 12.6. The first-order chi connectivity index (χ1) is 8.29. The van der Waals surface area contributed by atoms with Gasteiger partial charge in [-0.25, -0.2) is 0 Å². The molecule has 0 fully saturated rings. The zero-order valence-electron chi connectivity index (χ0n) is 10.3. The molecule has 1 atom stereocenters. The summed E-state index contributed by atoms with van der Waals surface area (Å²) in [6.07, 6.45) is 4.40. The fourth-order valence-corrected chi connectivity index (χ4v) is 1.91. The van der Waals surface area contributed by atoms with Crippen LogP contribution in [0.1, 0.15) is 30.0 Å². The third kappa shape index (κ3) is 3.17. The number of hydrogen-bond donors (Lipinski definition) is 1. The molecule has 0 aliphatic rings. The van der Waals surface area contributed by atoms with Crippen LogP contribution in [0.2, 0.25) is 0 Å². The summed E-state index contributed by atoms with van der Waals surface area (Å²) in [5.41, 5.74) is 2.31. The fourth-order valence-electron chi connectivity index (χ4n) is 1.91. The van der Waals surface area contributed by atoms with Crippen LogP contribution in [0, 0.1) is 6.92 Å². The van der Waals surface area contributed by atoms with Gasteiger partial charge in [0, 0.05) is 12.6 Å². The van der Waals surface area contributed by atoms with E-state index < -0.39 is 0 Å². The third-order valence-corrected chi connectivity index (χ3v) is 2.73. The minimum absolute atomic E-state index is 0.214. The monoisotopic (exact) mass is 230 g/mol. The molecule has 0 amide bonds. The van der Waals surface area contributed by atoms with Gasteiger partial charge in [-0.2, -0.15) is 0 Å². The van der Waals surface area contributed by atoms with Gasteiger partial charge in [-0.3, -0.25) is 4.98 Å². The number of hydrogen-bond acceptors (Lipinski definition) is 3. The third-order valence-electron chi connectivity index (χ3n) is 2.73. The molecular formula is C14H18N2O. The van der Waals surface area contributed by atoms with Crippen LogP contribution in [0.3, 0.4) is 0 Å². The van der Waals surface area contributed by atoms with E-state index in [0.717, 1.165) is 24.4 Å². The van der Waals surface area contributed by atoms with Crippen LogP contribution in [-0.2, 0) is 6.42 Å². The van der Waals surface area contributed by atoms with E-state index >= 15 is 0 Å². The van der Waals surface area contributed by atoms with Crippen molar-refractivity contribution in [2.45, 2.75) is 26.3 Å². The summed E-state index contributed by atoms with van der Waals surface area (Å²) in [6, 6.07) is 8.27. The smallest absolute Gasteiger partial charge is 0.105 e. The van der Waals surface area contributed by atoms with E-state index in [-0.39, 0.29) is 6.04 Å². The molecular weight excluding hydrogens is 212 g/mol. The van der Waals surface area contributed by atoms with Crippen LogP contribution in [-0.4, -0.2) is 11.5 Å². The number of likely N-dealkylation sites (N-methyl/N-ethyl adjacent to an activating group) is 1. The van der Waals surface area contributed by atoms with Gasteiger partial charge in [0.1, 0.15) is 5.76 Å². The van der Waals surface area contributed by atoms with Gasteiger partial charge in [-0.05, 0) is 43.3 Å². The van der Waals surface area contributed by atoms with Crippen LogP contribution in [0.25, 0.3) is 0 Å². The molecule has 17 heavy (non-hydrogen) atoms. The zero-order chi connectivity index (χ0) is 12.1. The number of nitrogens with zero attached hydrogens (tertiary/aromatic N) is 1. The highest BCUT2D eigenvalue weighted by Gasteiger charge is 2.13. The van der Waals surface area contributed by atoms with Crippen molar-refractivity contribution in [2.75, 3.05) is 6.54 Å². The Kier molecular flexibility index (Phi) is 3.94. The number of nitrogens with one attached hydrogen (secondary N) is 1. The minimum Gasteiger partial charge on any atom is -0.469 e. The van der Waals surface area contributed by atoms with Crippen LogP contribution in [0.5, 0.6) is 0 Å². The lowest BCUT2D eigenvalue weighted by Gasteiger charge is -2.16. The summed E-state index contributed by atoms with van der Waals surface area (Å²) in [5, 5.41) is 3.44. The largest absolute Gasteiger partial charge is 0.469 e. The average Bonchev–Trinajstić information content (AvgIpc) is 2.81. The van der Waals surface area contributed by atoms with Crippen LogP contribution in [0.4, 0.5) is 0 Å². The lowest BCUT2D eigenvalue weighted by molar-refractivity contribution is 0.450. The maximum Gasteiger partial charge on any atom is 0.105 e. The molecule has 0 saturated heterocycles. The highest BCUT2D eigenvalue weighted by Crippen LogP contribution is 2.17. The Labute approximate surface area is 102 Å². The molecule has 1 N–H and O–H groups in total. The molecule has 1 unspecified atom stereocenters. The van der Waals surface area contributed by atoms with E-state index in [1.807, 2.05) is 24.4 Å². The van der Waals surface area contributed by atoms with Gasteiger partial charge >= 0.3 is 0 Å². The molecule has 0 bridgehead atoms. The van der Waals surface area contributed by atoms with Gasteiger partial charge in [0.2, 0.25) is 0 Å². The summed E-state index contributed by atoms with van der Waals surface area (Å²) < 4.78 is 5.39. The van der Waals surface area contributed by atoms with Crippen molar-refractivity contribution in [3.05, 3.63) is 53.7 Å². The molecule has 0 radical (unpaired) electrons. The SMILES string of the molecule is CCNC(Cc1ccco1)c1cc(C)ccn1. The first kappa shape index (κ1) is 11.9. The molecule has 0 aromatic carbocycles. The van der Waals surface area contributed by atoms with Crippen molar-refractivity contribution < 1.29 is 4.42 Å². The summed E-state index contributed by atoms with van der Waals surface area (Å²) in [4.78, 5) is 4.43. The zero-order valence-corrected chi connectivity index (χ0v) is 10.3. The molecule has 2 aromatic heterocycles. The number of aryl methyl sites for hydroxylation is 1. The highest BCUT2D eigenvalue weighted by molar-refractivity contribution is 5.18. The van der Waals surface area contributed by atoms with E-state index in [4.69, 9.17) is 4.42 Å². The van der Waals surface area contributed by atoms with Crippen molar-refractivity contribution in [1.82, 2.24) is 10.3 Å². The van der Waals surface area contributed by atoms with E-state index in [1.165, 1.54) is 5.56 Å². The standard InChI is InChI=1S/C14H18N2O/c1-3-15-14(10-12-5-4-8-17-12)13-9-11(2)6-7-16-13/h4-9,14-15H,3,10H2,1-2H3. The second-order valence-corrected chi connectivity index (χ2v) is 4.15. The Morgan fingerprint density at radius 2 is 2.29 bits per heavy atom. The second kappa shape index (κ2) is 5.64. The predicted octanol–water partition coefficient (Wildman–Crippen LogP) is 2.88. The lowest BCUT2D eigenvalue weighted by Crippen LogP contribution is -2.23. The lowest BCUT2D eigenvalue weighted by atomic mass is 10.1. The van der Waals surface area contributed by atoms with Gasteiger partial charge < -0.3 is 9.73 Å². The van der Waals surface area contributed by atoms with E-state index in [2.05, 4.69) is 30.2 Å². The molecule has 2 aromatic rings. The number of pyridine rings is 1. The van der Waals surface area contributed by atoms with E-state index in [1.54, 1.807) is 6.26 Å². The molecule has 0 saturated carbocycles. The molecule has 0 aliphatic carbocycles. The van der Waals surface area contributed by atoms with Gasteiger partial charge in [0.15, 0.2) is 0 Å². The molecule has 0 aliphatic heterocycles. The summed E-state index contributed by atoms with van der Waals surface area (Å²) >= 11 is 0. The maximum absolute atomic E-state index is 5.39. The van der Waals surface area contributed by atoms with E-state index in [9.17, 15) is 0 Å². The first-order valence-corrected chi connectivity index (χ1v) is 5.98. The Balaban J connectivity index is 2.16. The highest BCUT2D eigenvalue weighted by atomic mass is 16.3. The molecule has 0 spiro atoms. The van der Waals surface area contributed by atoms with Gasteiger partial charge in [-0.1, -0.05) is 6.92 Å². The quantitative estimate of drug-likeness (QED) is 0.858. The summed E-state index contributed by atoms with van der Waals surface area (Å²) in [7, 11) is 0. The number of rotatable bonds is 5. The molecule has 90 valence electrons. The van der Waals surface area contributed by atoms with Crippen molar-refractivity contribution in [3.8, 4) is 0 Å². The van der Waals surface area contributed by atoms with Crippen molar-refractivity contribution in [1.29, 1.82) is 0 Å². The van der Waals surface area contributed by atoms with Gasteiger partial charge in [0.25, 0.3) is 0 Å². The second-order valence-electron chi connectivity index (χ2n) is 4.15. The van der Waals surface area contributed by atoms with Crippen molar-refractivity contribution in [3.63, 3.8) is 0 Å². The summed E-state index contributed by atoms with van der Waals surface area (Å²) in [5.74, 6) is 0.985. The summed E-state index contributed by atoms with van der Waals surface area (Å²) in [6.45, 7) is 5.10. The van der Waals surface area contributed by atoms with E-state index in [0.29, 0.717) is 0 Å². The van der Waals surface area contributed by atoms with Crippen LogP contribution >= 0.6 is 0 Å². The molecule has 2 rings (SSSR count). The van der Waals surface area contributed by atoms with Gasteiger partial charge in [-0.15, -0.1) is 0 Å². The average molecular weight is 230 g/mol. The van der Waals surface area contributed by atoms with Crippen molar-refractivity contribution >= 4 is 0 Å².